The van der Waals surface area contributed by atoms with Crippen molar-refractivity contribution in [1.82, 2.24) is 9.91 Å². The molecule has 8 heteroatoms. The maximum absolute atomic E-state index is 13.4. The summed E-state index contributed by atoms with van der Waals surface area (Å²) in [4.78, 5) is 30.1. The lowest BCUT2D eigenvalue weighted by Crippen LogP contribution is -2.46. The molecule has 2 amide bonds. The van der Waals surface area contributed by atoms with Crippen molar-refractivity contribution in [2.24, 2.45) is 11.0 Å². The third kappa shape index (κ3) is 4.36. The summed E-state index contributed by atoms with van der Waals surface area (Å²) in [5.74, 6) is -0.0194. The summed E-state index contributed by atoms with van der Waals surface area (Å²) >= 11 is 3.30. The van der Waals surface area contributed by atoms with Crippen molar-refractivity contribution in [3.63, 3.8) is 0 Å². The first-order chi connectivity index (χ1) is 14.6. The highest BCUT2D eigenvalue weighted by Gasteiger charge is 2.37. The highest BCUT2D eigenvalue weighted by molar-refractivity contribution is 7.12. The Labute approximate surface area is 185 Å². The van der Waals surface area contributed by atoms with Gasteiger partial charge in [0.05, 0.1) is 23.2 Å². The van der Waals surface area contributed by atoms with Crippen molar-refractivity contribution < 1.29 is 14.3 Å². The molecule has 1 fully saturated rings. The Morgan fingerprint density at radius 1 is 1.27 bits per heavy atom. The predicted octanol–water partition coefficient (Wildman–Crippen LogP) is 4.07. The number of nitrogens with zero attached hydrogens (tertiary/aromatic N) is 3. The first-order valence-corrected chi connectivity index (χ1v) is 12.1. The number of carbonyl (C=O) groups is 2. The standard InChI is InChI=1S/C22H27N3O3S2/c1-15-8-12-30-21(15)18-13-17(19-7-4-11-29-19)23-25(18)20(26)14-24(9-10-28-2)22(27)16-5-3-6-16/h4,7-8,11-12,16,18H,3,5-6,9-10,13-14H2,1-2H3/t18-/m0/s1. The third-order valence-electron chi connectivity index (χ3n) is 5.83. The SMILES string of the molecule is COCCN(CC(=O)N1N=C(c2cccs2)C[C@H]1c1sccc1C)C(=O)C1CCC1. The third-order valence-corrected chi connectivity index (χ3v) is 7.87. The van der Waals surface area contributed by atoms with Crippen molar-refractivity contribution >= 4 is 40.2 Å². The van der Waals surface area contributed by atoms with Gasteiger partial charge in [-0.05, 0) is 48.2 Å². The molecule has 2 aromatic heterocycles. The number of rotatable bonds is 8. The molecule has 6 nitrogen and oxygen atoms in total. The summed E-state index contributed by atoms with van der Waals surface area (Å²) in [6.45, 7) is 2.96. The lowest BCUT2D eigenvalue weighted by molar-refractivity contribution is -0.146. The molecule has 0 unspecified atom stereocenters. The second-order valence-electron chi connectivity index (χ2n) is 7.83. The summed E-state index contributed by atoms with van der Waals surface area (Å²) in [5.41, 5.74) is 2.11. The van der Waals surface area contributed by atoms with E-state index in [2.05, 4.69) is 18.4 Å². The van der Waals surface area contributed by atoms with Gasteiger partial charge in [-0.25, -0.2) is 5.01 Å². The Bertz CT molecular complexity index is 918. The number of methoxy groups -OCH3 is 1. The minimum absolute atomic E-state index is 0.0425. The zero-order valence-corrected chi connectivity index (χ0v) is 19.0. The van der Waals surface area contributed by atoms with Crippen molar-refractivity contribution in [1.29, 1.82) is 0 Å². The summed E-state index contributed by atoms with van der Waals surface area (Å²) in [5, 5.41) is 10.4. The molecule has 2 aliphatic rings. The highest BCUT2D eigenvalue weighted by Crippen LogP contribution is 2.38. The van der Waals surface area contributed by atoms with Crippen molar-refractivity contribution in [2.45, 2.75) is 38.6 Å². The molecule has 0 spiro atoms. The normalized spacial score (nSPS) is 18.9. The lowest BCUT2D eigenvalue weighted by Gasteiger charge is -2.32. The van der Waals surface area contributed by atoms with Crippen LogP contribution in [0.4, 0.5) is 0 Å². The molecule has 0 bridgehead atoms. The van der Waals surface area contributed by atoms with Gasteiger partial charge in [0.15, 0.2) is 0 Å². The molecular formula is C22H27N3O3S2. The number of aryl methyl sites for hydroxylation is 1. The summed E-state index contributed by atoms with van der Waals surface area (Å²) < 4.78 is 5.18. The zero-order valence-electron chi connectivity index (χ0n) is 17.4. The van der Waals surface area contributed by atoms with Crippen LogP contribution in [0.3, 0.4) is 0 Å². The van der Waals surface area contributed by atoms with Gasteiger partial charge in [-0.2, -0.15) is 5.10 Å². The number of thiophene rings is 2. The van der Waals surface area contributed by atoms with Crippen molar-refractivity contribution in [3.8, 4) is 0 Å². The first-order valence-electron chi connectivity index (χ1n) is 10.3. The van der Waals surface area contributed by atoms with E-state index in [0.29, 0.717) is 19.6 Å². The van der Waals surface area contributed by atoms with Gasteiger partial charge in [-0.3, -0.25) is 9.59 Å². The van der Waals surface area contributed by atoms with Gasteiger partial charge >= 0.3 is 0 Å². The number of hydrogen-bond acceptors (Lipinski definition) is 6. The fraction of sp³-hybridized carbons (Fsp3) is 0.500. The van der Waals surface area contributed by atoms with Gasteiger partial charge in [0.25, 0.3) is 5.91 Å². The minimum Gasteiger partial charge on any atom is -0.383 e. The fourth-order valence-electron chi connectivity index (χ4n) is 3.88. The topological polar surface area (TPSA) is 62.2 Å². The predicted molar refractivity (Wildman–Crippen MR) is 120 cm³/mol. The largest absolute Gasteiger partial charge is 0.383 e. The number of carbonyl (C=O) groups excluding carboxylic acids is 2. The second kappa shape index (κ2) is 9.41. The minimum atomic E-state index is -0.136. The monoisotopic (exact) mass is 445 g/mol. The number of hydrazone groups is 1. The molecule has 0 aromatic carbocycles. The van der Waals surface area contributed by atoms with Gasteiger partial charge in [-0.15, -0.1) is 22.7 Å². The Morgan fingerprint density at radius 2 is 2.10 bits per heavy atom. The van der Waals surface area contributed by atoms with Crippen LogP contribution in [0.2, 0.25) is 0 Å². The quantitative estimate of drug-likeness (QED) is 0.615. The lowest BCUT2D eigenvalue weighted by atomic mass is 9.84. The van der Waals surface area contributed by atoms with Crippen LogP contribution in [0.5, 0.6) is 0 Å². The highest BCUT2D eigenvalue weighted by atomic mass is 32.1. The molecular weight excluding hydrogens is 418 g/mol. The number of ether oxygens (including phenoxy) is 1. The maximum Gasteiger partial charge on any atom is 0.262 e. The molecule has 4 rings (SSSR count). The summed E-state index contributed by atoms with van der Waals surface area (Å²) in [6.07, 6.45) is 3.61. The van der Waals surface area contributed by atoms with Crippen LogP contribution in [0.15, 0.2) is 34.1 Å². The van der Waals surface area contributed by atoms with E-state index in [1.54, 1.807) is 39.7 Å². The van der Waals surface area contributed by atoms with Gasteiger partial charge in [0.1, 0.15) is 6.54 Å². The molecule has 0 saturated heterocycles. The fourth-order valence-corrected chi connectivity index (χ4v) is 5.61. The first kappa shape index (κ1) is 21.2. The molecule has 0 radical (unpaired) electrons. The summed E-state index contributed by atoms with van der Waals surface area (Å²) in [6, 6.07) is 6.01. The number of amides is 2. The Balaban J connectivity index is 1.56. The van der Waals surface area contributed by atoms with Gasteiger partial charge < -0.3 is 9.64 Å². The molecule has 0 N–H and O–H groups in total. The van der Waals surface area contributed by atoms with E-state index in [-0.39, 0.29) is 30.3 Å². The van der Waals surface area contributed by atoms with Crippen molar-refractivity contribution in [3.05, 3.63) is 44.3 Å². The Hall–Kier alpha value is -2.03. The van der Waals surface area contributed by atoms with Gasteiger partial charge in [0.2, 0.25) is 5.91 Å². The molecule has 1 aliphatic carbocycles. The van der Waals surface area contributed by atoms with E-state index in [9.17, 15) is 9.59 Å². The van der Waals surface area contributed by atoms with E-state index in [1.165, 1.54) is 5.56 Å². The second-order valence-corrected chi connectivity index (χ2v) is 9.73. The maximum atomic E-state index is 13.4. The van der Waals surface area contributed by atoms with E-state index in [4.69, 9.17) is 9.84 Å². The average molecular weight is 446 g/mol. The van der Waals surface area contributed by atoms with E-state index < -0.39 is 0 Å². The zero-order chi connectivity index (χ0) is 21.1. The van der Waals surface area contributed by atoms with Crippen LogP contribution in [0.25, 0.3) is 0 Å². The Morgan fingerprint density at radius 3 is 2.70 bits per heavy atom. The van der Waals surface area contributed by atoms with Crippen LogP contribution in [-0.4, -0.2) is 54.2 Å². The van der Waals surface area contributed by atoms with Gasteiger partial charge in [0, 0.05) is 30.9 Å². The van der Waals surface area contributed by atoms with Crippen LogP contribution in [0.1, 0.15) is 47.0 Å². The van der Waals surface area contributed by atoms with Crippen LogP contribution < -0.4 is 0 Å². The number of hydrogen-bond donors (Lipinski definition) is 0. The van der Waals surface area contributed by atoms with Crippen LogP contribution in [-0.2, 0) is 14.3 Å². The van der Waals surface area contributed by atoms with Crippen LogP contribution >= 0.6 is 22.7 Å². The Kier molecular flexibility index (Phi) is 6.65. The van der Waals surface area contributed by atoms with E-state index >= 15 is 0 Å². The average Bonchev–Trinajstić information content (AvgIpc) is 3.42. The van der Waals surface area contributed by atoms with Crippen molar-refractivity contribution in [2.75, 3.05) is 26.8 Å². The molecule has 1 saturated carbocycles. The molecule has 160 valence electrons. The van der Waals surface area contributed by atoms with Crippen LogP contribution in [0, 0.1) is 12.8 Å². The van der Waals surface area contributed by atoms with Gasteiger partial charge in [-0.1, -0.05) is 12.5 Å². The molecule has 2 aromatic rings. The molecule has 1 atom stereocenters. The summed E-state index contributed by atoms with van der Waals surface area (Å²) in [7, 11) is 1.61. The van der Waals surface area contributed by atoms with E-state index in [1.807, 2.05) is 17.5 Å². The molecule has 30 heavy (non-hydrogen) atoms. The smallest absolute Gasteiger partial charge is 0.262 e. The molecule has 3 heterocycles. The molecule has 1 aliphatic heterocycles. The van der Waals surface area contributed by atoms with E-state index in [0.717, 1.165) is 34.7 Å².